The molecule has 27 valence electrons. The first kappa shape index (κ1) is 18.2. The molecule has 0 rings (SSSR count). The standard InChI is InChI=1S/CH3.2ClH.Sn/h1H3;2*1H;. The zero-order chi connectivity index (χ0) is 2.00. The topological polar surface area (TPSA) is 0 Å². The van der Waals surface area contributed by atoms with Gasteiger partial charge in [0.1, 0.15) is 0 Å². The molecule has 0 aromatic heterocycles. The third-order valence-corrected chi connectivity index (χ3v) is 0. The Hall–Kier alpha value is 1.38. The second kappa shape index (κ2) is 26.3. The zero-order valence-electron chi connectivity index (χ0n) is 2.32. The molecule has 0 fully saturated rings. The molecule has 0 bridgehead atoms. The summed E-state index contributed by atoms with van der Waals surface area (Å²) in [6.07, 6.45) is 0. The molecule has 0 saturated heterocycles. The van der Waals surface area contributed by atoms with Crippen LogP contribution in [0.2, 0.25) is 4.94 Å². The molecule has 0 aliphatic carbocycles. The Morgan fingerprint density at radius 3 is 1.00 bits per heavy atom. The van der Waals surface area contributed by atoms with E-state index in [1.807, 2.05) is 0 Å². The van der Waals surface area contributed by atoms with Crippen molar-refractivity contribution < 1.29 is 0 Å². The molecule has 3 radical (unpaired) electrons. The van der Waals surface area contributed by atoms with Crippen molar-refractivity contribution in [1.29, 1.82) is 0 Å². The molecule has 0 N–H and O–H groups in total. The van der Waals surface area contributed by atoms with Crippen molar-refractivity contribution in [3.8, 4) is 0 Å². The number of hydrogen-bond acceptors (Lipinski definition) is 0. The van der Waals surface area contributed by atoms with Crippen molar-refractivity contribution in [3.05, 3.63) is 0 Å². The third-order valence-electron chi connectivity index (χ3n) is 0. The van der Waals surface area contributed by atoms with Gasteiger partial charge in [0, 0.05) is 0 Å². The molecule has 0 aromatic carbocycles. The van der Waals surface area contributed by atoms with Gasteiger partial charge in [-0.05, 0) is 0 Å². The van der Waals surface area contributed by atoms with Crippen molar-refractivity contribution in [2.75, 3.05) is 0 Å². The first-order valence-electron chi connectivity index (χ1n) is 0.500. The average Bonchev–Trinajstić information content (AvgIpc) is 1.00. The molecule has 0 atom stereocenters. The van der Waals surface area contributed by atoms with Gasteiger partial charge in [-0.25, -0.2) is 0 Å². The summed E-state index contributed by atoms with van der Waals surface area (Å²) in [7, 11) is 0. The molecule has 0 heterocycles. The van der Waals surface area contributed by atoms with E-state index in [0.717, 1.165) is 0 Å². The summed E-state index contributed by atoms with van der Waals surface area (Å²) in [5, 5.41) is 0. The quantitative estimate of drug-likeness (QED) is 0.520. The molecule has 0 aliphatic heterocycles. The molecule has 0 aromatic rings. The first-order chi connectivity index (χ1) is 1.00. The van der Waals surface area contributed by atoms with Crippen LogP contribution in [-0.4, -0.2) is 22.5 Å². The number of halogens is 2. The van der Waals surface area contributed by atoms with E-state index >= 15 is 0 Å². The Balaban J connectivity index is -0.00000000500. The van der Waals surface area contributed by atoms with Gasteiger partial charge in [0.05, 0.1) is 0 Å². The van der Waals surface area contributed by atoms with Crippen LogP contribution in [0.25, 0.3) is 0 Å². The molecule has 0 saturated carbocycles. The molecule has 3 heteroatoms. The molecule has 0 unspecified atom stereocenters. The zero-order valence-corrected chi connectivity index (χ0v) is 6.80. The minimum absolute atomic E-state index is 0. The van der Waals surface area contributed by atoms with E-state index in [1.54, 1.807) is 22.5 Å². The van der Waals surface area contributed by atoms with Crippen molar-refractivity contribution in [3.63, 3.8) is 0 Å². The molecule has 0 spiro atoms. The predicted molar refractivity (Wildman–Crippen MR) is 26.1 cm³/mol. The Kier molecular flexibility index (Phi) is 120. The van der Waals surface area contributed by atoms with E-state index in [9.17, 15) is 0 Å². The van der Waals surface area contributed by atoms with E-state index in [1.165, 1.54) is 0 Å². The van der Waals surface area contributed by atoms with Gasteiger partial charge < -0.3 is 0 Å². The second-order valence-corrected chi connectivity index (χ2v) is 0. The van der Waals surface area contributed by atoms with Crippen LogP contribution in [0.1, 0.15) is 0 Å². The second-order valence-electron chi connectivity index (χ2n) is 0. The molecule has 0 aliphatic rings. The fourth-order valence-electron chi connectivity index (χ4n) is 0. The summed E-state index contributed by atoms with van der Waals surface area (Å²) in [5.74, 6) is 0. The van der Waals surface area contributed by atoms with Crippen LogP contribution in [0, 0.1) is 0 Å². The van der Waals surface area contributed by atoms with Gasteiger partial charge in [-0.3, -0.25) is 0 Å². The van der Waals surface area contributed by atoms with Crippen LogP contribution in [0.4, 0.5) is 0 Å². The van der Waals surface area contributed by atoms with Crippen molar-refractivity contribution in [1.82, 2.24) is 0 Å². The predicted octanol–water partition coefficient (Wildman–Crippen LogP) is 1.05. The summed E-state index contributed by atoms with van der Waals surface area (Å²) in [6.45, 7) is 0. The molecule has 4 heavy (non-hydrogen) atoms. The summed E-state index contributed by atoms with van der Waals surface area (Å²) in [5.41, 5.74) is 0. The molecular formula is CH5Cl2Sn. The van der Waals surface area contributed by atoms with Gasteiger partial charge in [0.15, 0.2) is 0 Å². The maximum atomic E-state index is 2.09. The van der Waals surface area contributed by atoms with Gasteiger partial charge in [-0.15, -0.1) is 24.8 Å². The normalized spacial score (nSPS) is 1.50. The third kappa shape index (κ3) is 10.1. The number of hydrogen-bond donors (Lipinski definition) is 0. The SMILES string of the molecule is Cl.Cl.[CH3][Sn]. The van der Waals surface area contributed by atoms with Crippen molar-refractivity contribution in [2.45, 2.75) is 4.94 Å². The van der Waals surface area contributed by atoms with Gasteiger partial charge in [-0.1, -0.05) is 0 Å². The van der Waals surface area contributed by atoms with Crippen LogP contribution in [0.3, 0.4) is 0 Å². The summed E-state index contributed by atoms with van der Waals surface area (Å²) in [4.78, 5) is 2.09. The van der Waals surface area contributed by atoms with E-state index in [4.69, 9.17) is 0 Å². The van der Waals surface area contributed by atoms with E-state index in [-0.39, 0.29) is 24.8 Å². The van der Waals surface area contributed by atoms with Crippen LogP contribution in [0.5, 0.6) is 0 Å². The Morgan fingerprint density at radius 2 is 1.00 bits per heavy atom. The van der Waals surface area contributed by atoms with Crippen LogP contribution in [-0.2, 0) is 0 Å². The van der Waals surface area contributed by atoms with Gasteiger partial charge >= 0.3 is 27.5 Å². The minimum atomic E-state index is 0. The average molecular weight is 207 g/mol. The molecule has 0 amide bonds. The summed E-state index contributed by atoms with van der Waals surface area (Å²) >= 11 is 1.55. The molecule has 0 nitrogen and oxygen atoms in total. The Morgan fingerprint density at radius 1 is 1.00 bits per heavy atom. The fourth-order valence-corrected chi connectivity index (χ4v) is 0. The fraction of sp³-hybridized carbons (Fsp3) is 1.00. The van der Waals surface area contributed by atoms with E-state index in [2.05, 4.69) is 4.94 Å². The van der Waals surface area contributed by atoms with Crippen LogP contribution in [0.15, 0.2) is 0 Å². The van der Waals surface area contributed by atoms with Gasteiger partial charge in [-0.2, -0.15) is 0 Å². The van der Waals surface area contributed by atoms with Crippen molar-refractivity contribution in [2.24, 2.45) is 0 Å². The summed E-state index contributed by atoms with van der Waals surface area (Å²) < 4.78 is 0. The maximum absolute atomic E-state index is 2.09. The van der Waals surface area contributed by atoms with E-state index in [0.29, 0.717) is 0 Å². The summed E-state index contributed by atoms with van der Waals surface area (Å²) in [6, 6.07) is 0. The van der Waals surface area contributed by atoms with Gasteiger partial charge in [0.2, 0.25) is 0 Å². The van der Waals surface area contributed by atoms with Crippen LogP contribution >= 0.6 is 24.8 Å². The van der Waals surface area contributed by atoms with Crippen LogP contribution < -0.4 is 0 Å². The van der Waals surface area contributed by atoms with E-state index < -0.39 is 0 Å². The van der Waals surface area contributed by atoms with Gasteiger partial charge in [0.25, 0.3) is 0 Å². The number of rotatable bonds is 0. The molecular weight excluding hydrogens is 202 g/mol. The Bertz CT molecular complexity index is 6.00. The van der Waals surface area contributed by atoms with Crippen molar-refractivity contribution >= 4 is 47.3 Å². The monoisotopic (exact) mass is 207 g/mol. The Labute approximate surface area is 52.3 Å². The first-order valence-corrected chi connectivity index (χ1v) is 3.35.